The molecule has 6 aromatic rings. The Morgan fingerprint density at radius 3 is 1.58 bits per heavy atom. The summed E-state index contributed by atoms with van der Waals surface area (Å²) < 4.78 is 43.5. The molecule has 4 aliphatic rings. The third-order valence-corrected chi connectivity index (χ3v) is 12.1. The van der Waals surface area contributed by atoms with E-state index in [2.05, 4.69) is 106 Å². The van der Waals surface area contributed by atoms with Crippen molar-refractivity contribution in [1.82, 2.24) is 0 Å². The van der Waals surface area contributed by atoms with Crippen LogP contribution in [0.3, 0.4) is 0 Å². The lowest BCUT2D eigenvalue weighted by molar-refractivity contribution is -0.686. The number of aryl methyl sites for hydroxylation is 4. The van der Waals surface area contributed by atoms with E-state index in [0.29, 0.717) is 19.1 Å². The van der Waals surface area contributed by atoms with Crippen LogP contribution in [-0.4, -0.2) is 55.5 Å². The number of benzene rings is 4. The Bertz CT molecular complexity index is 2470. The average Bonchev–Trinajstić information content (AvgIpc) is 3.91. The van der Waals surface area contributed by atoms with Crippen molar-refractivity contribution < 1.29 is 72.2 Å². The van der Waals surface area contributed by atoms with E-state index in [1.54, 1.807) is 20.3 Å². The number of aromatic nitrogens is 2. The lowest BCUT2D eigenvalue weighted by atomic mass is 9.95. The number of pyridine rings is 2. The quantitative estimate of drug-likeness (QED) is 0.142. The highest BCUT2D eigenvalue weighted by atomic mass is 79.9. The molecule has 2 aromatic heterocycles. The van der Waals surface area contributed by atoms with Crippen molar-refractivity contribution in [1.29, 1.82) is 0 Å². The van der Waals surface area contributed by atoms with E-state index < -0.39 is 0 Å². The van der Waals surface area contributed by atoms with Gasteiger partial charge < -0.3 is 63.1 Å². The minimum absolute atomic E-state index is 0. The van der Waals surface area contributed by atoms with Crippen molar-refractivity contribution in [2.24, 2.45) is 0 Å². The minimum atomic E-state index is 0. The van der Waals surface area contributed by atoms with E-state index in [9.17, 15) is 5.11 Å². The summed E-state index contributed by atoms with van der Waals surface area (Å²) in [5, 5.41) is 17.5. The molecule has 10 nitrogen and oxygen atoms in total. The molecule has 312 valence electrons. The molecule has 4 aromatic carbocycles. The van der Waals surface area contributed by atoms with Crippen molar-refractivity contribution in [2.75, 3.05) is 50.4 Å². The summed E-state index contributed by atoms with van der Waals surface area (Å²) in [6.07, 6.45) is 8.22. The van der Waals surface area contributed by atoms with E-state index >= 15 is 0 Å². The van der Waals surface area contributed by atoms with Crippen LogP contribution < -0.4 is 67.1 Å². The number of halogens is 5. The Hall–Kier alpha value is -3.88. The van der Waals surface area contributed by atoms with Gasteiger partial charge in [-0.25, -0.2) is 0 Å². The predicted molar refractivity (Wildman–Crippen MR) is 230 cm³/mol. The topological polar surface area (TPSA) is 92.6 Å². The molecule has 0 amide bonds. The number of phenols is 1. The molecule has 4 aliphatic heterocycles. The van der Waals surface area contributed by atoms with Gasteiger partial charge in [0.05, 0.1) is 42.7 Å². The zero-order chi connectivity index (χ0) is 39.5. The van der Waals surface area contributed by atoms with Gasteiger partial charge in [-0.05, 0) is 83.3 Å². The van der Waals surface area contributed by atoms with E-state index in [0.717, 1.165) is 116 Å². The first-order valence-electron chi connectivity index (χ1n) is 18.9. The van der Waals surface area contributed by atoms with Gasteiger partial charge in [0.2, 0.25) is 25.0 Å². The summed E-state index contributed by atoms with van der Waals surface area (Å²) in [5.41, 5.74) is 7.22. The van der Waals surface area contributed by atoms with E-state index in [-0.39, 0.29) is 37.4 Å². The molecule has 0 bridgehead atoms. The Balaban J connectivity index is 0.000000174. The molecule has 0 spiro atoms. The fraction of sp³-hybridized carbons (Fsp3) is 0.318. The maximum Gasteiger partial charge on any atom is 0.231 e. The highest BCUT2D eigenvalue weighted by molar-refractivity contribution is 9.09. The van der Waals surface area contributed by atoms with E-state index in [1.165, 1.54) is 28.8 Å². The third-order valence-electron chi connectivity index (χ3n) is 10.4. The average molecular weight is 1040 g/mol. The fourth-order valence-electron chi connectivity index (χ4n) is 7.56. The molecular weight excluding hydrogens is 995 g/mol. The number of phenolic OH excluding ortho intramolecular Hbond substituents is 1. The molecule has 0 atom stereocenters. The molecule has 0 radical (unpaired) electrons. The SMILES string of the molecule is BrCCCBr.COc1ccc2cc3[n+](cc2c1O)CCc1cc2c(cc1-3)OCO2.COc1ccc2cc3[n+](cc2c1OCCCBr)CCc1cc2c(cc1-3)OCO2.[Cl-].[Cl-]. The van der Waals surface area contributed by atoms with Gasteiger partial charge in [-0.15, -0.1) is 0 Å². The second-order valence-corrected chi connectivity index (χ2v) is 16.2. The van der Waals surface area contributed by atoms with Crippen LogP contribution in [0.25, 0.3) is 44.1 Å². The summed E-state index contributed by atoms with van der Waals surface area (Å²) in [7, 11) is 3.24. The maximum absolute atomic E-state index is 10.4. The zero-order valence-electron chi connectivity index (χ0n) is 32.5. The normalized spacial score (nSPS) is 13.2. The second-order valence-electron chi connectivity index (χ2n) is 13.8. The van der Waals surface area contributed by atoms with Gasteiger partial charge in [0.25, 0.3) is 0 Å². The Labute approximate surface area is 380 Å². The van der Waals surface area contributed by atoms with Crippen molar-refractivity contribution >= 4 is 69.3 Å². The van der Waals surface area contributed by atoms with Gasteiger partial charge in [-0.1, -0.05) is 47.8 Å². The lowest BCUT2D eigenvalue weighted by Gasteiger charge is -2.18. The van der Waals surface area contributed by atoms with Crippen LogP contribution in [0.2, 0.25) is 0 Å². The Kier molecular flexibility index (Phi) is 15.2. The number of alkyl halides is 3. The number of aromatic hydroxyl groups is 1. The number of hydrogen-bond donors (Lipinski definition) is 1. The van der Waals surface area contributed by atoms with E-state index in [4.69, 9.17) is 33.2 Å². The summed E-state index contributed by atoms with van der Waals surface area (Å²) in [6.45, 7) is 2.99. The molecule has 0 saturated carbocycles. The molecule has 1 N–H and O–H groups in total. The third kappa shape index (κ3) is 9.10. The summed E-state index contributed by atoms with van der Waals surface area (Å²) in [6, 6.07) is 20.5. The molecule has 15 heteroatoms. The Morgan fingerprint density at radius 2 is 1.08 bits per heavy atom. The number of methoxy groups -OCH3 is 2. The highest BCUT2D eigenvalue weighted by Crippen LogP contribution is 2.43. The van der Waals surface area contributed by atoms with Crippen molar-refractivity contribution in [3.8, 4) is 68.5 Å². The van der Waals surface area contributed by atoms with Gasteiger partial charge in [-0.2, -0.15) is 9.13 Å². The lowest BCUT2D eigenvalue weighted by Crippen LogP contribution is -3.00. The molecule has 0 aliphatic carbocycles. The molecule has 6 heterocycles. The van der Waals surface area contributed by atoms with Crippen LogP contribution in [0.15, 0.2) is 73.1 Å². The van der Waals surface area contributed by atoms with Crippen molar-refractivity contribution in [3.63, 3.8) is 0 Å². The fourth-order valence-corrected chi connectivity index (χ4v) is 9.10. The van der Waals surface area contributed by atoms with Crippen LogP contribution in [0, 0.1) is 0 Å². The minimum Gasteiger partial charge on any atom is -1.00 e. The monoisotopic (exact) mass is 1030 g/mol. The van der Waals surface area contributed by atoms with Gasteiger partial charge in [0, 0.05) is 41.0 Å². The van der Waals surface area contributed by atoms with Gasteiger partial charge in [-0.3, -0.25) is 0 Å². The van der Waals surface area contributed by atoms with Gasteiger partial charge in [0.1, 0.15) is 0 Å². The first kappa shape index (κ1) is 44.7. The standard InChI is InChI=1S/C22H21BrNO4.C19H15NO4.C3H6Br2.2ClH/c1-25-19-4-3-14-9-18-16-11-21-20(27-13-28-21)10-15(16)5-7-24(18)12-17(14)22(19)26-8-2-6-23;1-22-16-3-2-11-6-15-13-8-18-17(23-10-24-18)7-12(13)4-5-20(15)9-14(11)19(16)21;4-2-1-3-5;;/h3-4,9-12H,2,5-8,13H2,1H3;2-3,6-9H,4-5,10H2,1H3;1-3H2;2*1H/q+1;;;;/p-1. The smallest absolute Gasteiger partial charge is 0.231 e. The predicted octanol–water partition coefficient (Wildman–Crippen LogP) is 3.22. The second kappa shape index (κ2) is 20.1. The molecule has 59 heavy (non-hydrogen) atoms. The summed E-state index contributed by atoms with van der Waals surface area (Å²) in [4.78, 5) is 0. The number of nitrogens with zero attached hydrogens (tertiary/aromatic N) is 2. The molecule has 0 saturated heterocycles. The van der Waals surface area contributed by atoms with Crippen LogP contribution in [-0.2, 0) is 25.9 Å². The van der Waals surface area contributed by atoms with E-state index in [1.807, 2.05) is 18.3 Å². The first-order chi connectivity index (χ1) is 27.9. The van der Waals surface area contributed by atoms with Crippen LogP contribution in [0.5, 0.6) is 46.0 Å². The van der Waals surface area contributed by atoms with Gasteiger partial charge >= 0.3 is 0 Å². The Morgan fingerprint density at radius 1 is 0.610 bits per heavy atom. The van der Waals surface area contributed by atoms with Gasteiger partial charge in [0.15, 0.2) is 71.5 Å². The first-order valence-corrected chi connectivity index (χ1v) is 22.2. The number of hydrogen-bond acceptors (Lipinski definition) is 8. The molecule has 10 rings (SSSR count). The zero-order valence-corrected chi connectivity index (χ0v) is 38.8. The highest BCUT2D eigenvalue weighted by Gasteiger charge is 2.30. The largest absolute Gasteiger partial charge is 1.00 e. The maximum atomic E-state index is 10.4. The summed E-state index contributed by atoms with van der Waals surface area (Å²) in [5.74, 6) is 5.53. The molecular formula is C44H43Br3Cl2N2O8. The molecule has 0 unspecified atom stereocenters. The number of fused-ring (bicyclic) bond motifs is 10. The van der Waals surface area contributed by atoms with Crippen molar-refractivity contribution in [3.05, 3.63) is 84.2 Å². The molecule has 0 fully saturated rings. The van der Waals surface area contributed by atoms with Crippen molar-refractivity contribution in [2.45, 2.75) is 38.8 Å². The number of ether oxygens (including phenoxy) is 7. The number of rotatable bonds is 8. The van der Waals surface area contributed by atoms with Crippen LogP contribution in [0.4, 0.5) is 0 Å². The summed E-state index contributed by atoms with van der Waals surface area (Å²) >= 11 is 10.0. The van der Waals surface area contributed by atoms with Crippen LogP contribution >= 0.6 is 47.8 Å². The van der Waals surface area contributed by atoms with Crippen LogP contribution in [0.1, 0.15) is 24.0 Å².